The van der Waals surface area contributed by atoms with Gasteiger partial charge >= 0.3 is 0 Å². The van der Waals surface area contributed by atoms with E-state index in [1.54, 1.807) is 18.2 Å². The number of nitrogens with zero attached hydrogens (tertiary/aromatic N) is 3. The average Bonchev–Trinajstić information content (AvgIpc) is 1.95. The highest BCUT2D eigenvalue weighted by atomic mass is 127. The summed E-state index contributed by atoms with van der Waals surface area (Å²) < 4.78 is 0.855. The zero-order valence-electron chi connectivity index (χ0n) is 5.33. The van der Waals surface area contributed by atoms with Crippen LogP contribution in [-0.2, 0) is 0 Å². The summed E-state index contributed by atoms with van der Waals surface area (Å²) >= 11 is 7.74. The standard InChI is InChI=1S/C6H3ClIN3/c7-4-1-2-6(10-11-9)5(8)3-4/h1-3H. The highest BCUT2D eigenvalue weighted by Gasteiger charge is 1.96. The maximum atomic E-state index is 8.14. The van der Waals surface area contributed by atoms with Gasteiger partial charge < -0.3 is 0 Å². The van der Waals surface area contributed by atoms with Crippen LogP contribution in [0, 0.1) is 3.57 Å². The van der Waals surface area contributed by atoms with Crippen LogP contribution >= 0.6 is 34.2 Å². The largest absolute Gasteiger partial charge is 0.0843 e. The molecule has 0 N–H and O–H groups in total. The number of azide groups is 1. The Hall–Kier alpha value is -0.450. The Bertz CT molecular complexity index is 320. The minimum absolute atomic E-state index is 0.609. The molecule has 0 saturated carbocycles. The Kier molecular flexibility index (Phi) is 2.99. The molecule has 0 amide bonds. The monoisotopic (exact) mass is 279 g/mol. The van der Waals surface area contributed by atoms with Crippen molar-refractivity contribution in [1.82, 2.24) is 0 Å². The Labute approximate surface area is 82.1 Å². The maximum Gasteiger partial charge on any atom is 0.0509 e. The zero-order chi connectivity index (χ0) is 8.27. The quantitative estimate of drug-likeness (QED) is 0.324. The molecule has 0 unspecified atom stereocenters. The Morgan fingerprint density at radius 3 is 2.82 bits per heavy atom. The van der Waals surface area contributed by atoms with E-state index in [9.17, 15) is 0 Å². The number of halogens is 2. The summed E-state index contributed by atoms with van der Waals surface area (Å²) in [6, 6.07) is 5.11. The molecule has 0 saturated heterocycles. The number of benzene rings is 1. The van der Waals surface area contributed by atoms with Crippen molar-refractivity contribution in [3.05, 3.63) is 37.2 Å². The summed E-state index contributed by atoms with van der Waals surface area (Å²) in [6.07, 6.45) is 0. The van der Waals surface area contributed by atoms with Gasteiger partial charge in [-0.05, 0) is 40.3 Å². The lowest BCUT2D eigenvalue weighted by atomic mass is 10.3. The summed E-state index contributed by atoms with van der Waals surface area (Å²) in [5, 5.41) is 4.11. The molecule has 0 atom stereocenters. The molecule has 5 heteroatoms. The van der Waals surface area contributed by atoms with E-state index in [1.807, 2.05) is 0 Å². The van der Waals surface area contributed by atoms with Gasteiger partial charge in [0.2, 0.25) is 0 Å². The SMILES string of the molecule is [N-]=[N+]=Nc1ccc(Cl)cc1I. The molecule has 11 heavy (non-hydrogen) atoms. The topological polar surface area (TPSA) is 48.8 Å². The van der Waals surface area contributed by atoms with Gasteiger partial charge in [0.05, 0.1) is 5.69 Å². The second-order valence-electron chi connectivity index (χ2n) is 1.79. The third-order valence-corrected chi connectivity index (χ3v) is 2.16. The molecule has 1 aromatic rings. The molecule has 0 aliphatic heterocycles. The van der Waals surface area contributed by atoms with E-state index in [0.29, 0.717) is 10.7 Å². The fourth-order valence-corrected chi connectivity index (χ4v) is 1.59. The summed E-state index contributed by atoms with van der Waals surface area (Å²) in [5.41, 5.74) is 8.74. The van der Waals surface area contributed by atoms with Gasteiger partial charge in [-0.3, -0.25) is 0 Å². The number of hydrogen-bond acceptors (Lipinski definition) is 1. The van der Waals surface area contributed by atoms with Crippen LogP contribution in [0.1, 0.15) is 0 Å². The number of rotatable bonds is 1. The van der Waals surface area contributed by atoms with Crippen molar-refractivity contribution in [2.24, 2.45) is 5.11 Å². The molecule has 0 radical (unpaired) electrons. The molecular formula is C6H3ClIN3. The van der Waals surface area contributed by atoms with Gasteiger partial charge in [-0.25, -0.2) is 0 Å². The van der Waals surface area contributed by atoms with Crippen molar-refractivity contribution in [2.75, 3.05) is 0 Å². The van der Waals surface area contributed by atoms with Crippen LogP contribution in [0.2, 0.25) is 5.02 Å². The van der Waals surface area contributed by atoms with Crippen molar-refractivity contribution in [3.8, 4) is 0 Å². The maximum absolute atomic E-state index is 8.14. The van der Waals surface area contributed by atoms with Crippen LogP contribution < -0.4 is 0 Å². The molecule has 0 spiro atoms. The summed E-state index contributed by atoms with van der Waals surface area (Å²) in [4.78, 5) is 2.67. The second-order valence-corrected chi connectivity index (χ2v) is 3.38. The zero-order valence-corrected chi connectivity index (χ0v) is 8.24. The van der Waals surface area contributed by atoms with Crippen LogP contribution in [0.25, 0.3) is 10.4 Å². The first kappa shape index (κ1) is 8.64. The van der Waals surface area contributed by atoms with Crippen LogP contribution in [-0.4, -0.2) is 0 Å². The van der Waals surface area contributed by atoms with E-state index in [4.69, 9.17) is 17.1 Å². The molecule has 0 aromatic heterocycles. The molecular weight excluding hydrogens is 276 g/mol. The lowest BCUT2D eigenvalue weighted by Crippen LogP contribution is -1.71. The van der Waals surface area contributed by atoms with Crippen LogP contribution in [0.3, 0.4) is 0 Å². The highest BCUT2D eigenvalue weighted by Crippen LogP contribution is 2.24. The van der Waals surface area contributed by atoms with Crippen LogP contribution in [0.4, 0.5) is 5.69 Å². The van der Waals surface area contributed by atoms with E-state index in [0.717, 1.165) is 3.57 Å². The molecule has 1 aromatic carbocycles. The van der Waals surface area contributed by atoms with Crippen molar-refractivity contribution in [2.45, 2.75) is 0 Å². The Balaban J connectivity index is 3.19. The molecule has 0 heterocycles. The minimum atomic E-state index is 0.609. The van der Waals surface area contributed by atoms with Crippen molar-refractivity contribution in [1.29, 1.82) is 0 Å². The first-order valence-corrected chi connectivity index (χ1v) is 4.20. The second kappa shape index (κ2) is 3.80. The third kappa shape index (κ3) is 2.25. The molecule has 3 nitrogen and oxygen atoms in total. The average molecular weight is 279 g/mol. The lowest BCUT2D eigenvalue weighted by Gasteiger charge is -1.95. The van der Waals surface area contributed by atoms with Gasteiger partial charge in [-0.2, -0.15) is 0 Å². The van der Waals surface area contributed by atoms with Crippen LogP contribution in [0.15, 0.2) is 23.3 Å². The van der Waals surface area contributed by atoms with Gasteiger partial charge in [-0.1, -0.05) is 22.8 Å². The van der Waals surface area contributed by atoms with E-state index < -0.39 is 0 Å². The van der Waals surface area contributed by atoms with E-state index in [1.165, 1.54) is 0 Å². The normalized spacial score (nSPS) is 8.91. The number of hydrogen-bond donors (Lipinski definition) is 0. The summed E-state index contributed by atoms with van der Waals surface area (Å²) in [5.74, 6) is 0. The first-order chi connectivity index (χ1) is 5.24. The minimum Gasteiger partial charge on any atom is -0.0843 e. The fourth-order valence-electron chi connectivity index (χ4n) is 0.611. The Morgan fingerprint density at radius 1 is 1.55 bits per heavy atom. The van der Waals surface area contributed by atoms with E-state index >= 15 is 0 Å². The van der Waals surface area contributed by atoms with Gasteiger partial charge in [0.1, 0.15) is 0 Å². The molecule has 0 fully saturated rings. The molecule has 0 aliphatic rings. The van der Waals surface area contributed by atoms with Crippen molar-refractivity contribution >= 4 is 39.9 Å². The lowest BCUT2D eigenvalue weighted by molar-refractivity contribution is 1.45. The van der Waals surface area contributed by atoms with E-state index in [2.05, 4.69) is 32.6 Å². The molecule has 0 bridgehead atoms. The molecule has 1 rings (SSSR count). The van der Waals surface area contributed by atoms with Crippen molar-refractivity contribution < 1.29 is 0 Å². The van der Waals surface area contributed by atoms with Gasteiger partial charge in [0.25, 0.3) is 0 Å². The summed E-state index contributed by atoms with van der Waals surface area (Å²) in [6.45, 7) is 0. The summed E-state index contributed by atoms with van der Waals surface area (Å²) in [7, 11) is 0. The molecule has 0 aliphatic carbocycles. The van der Waals surface area contributed by atoms with Gasteiger partial charge in [0, 0.05) is 13.5 Å². The first-order valence-electron chi connectivity index (χ1n) is 2.74. The fraction of sp³-hybridized carbons (Fsp3) is 0. The van der Waals surface area contributed by atoms with Gasteiger partial charge in [-0.15, -0.1) is 0 Å². The van der Waals surface area contributed by atoms with Crippen molar-refractivity contribution in [3.63, 3.8) is 0 Å². The smallest absolute Gasteiger partial charge is 0.0509 e. The predicted molar refractivity (Wildman–Crippen MR) is 53.0 cm³/mol. The Morgan fingerprint density at radius 2 is 2.27 bits per heavy atom. The third-order valence-electron chi connectivity index (χ3n) is 1.06. The van der Waals surface area contributed by atoms with Crippen LogP contribution in [0.5, 0.6) is 0 Å². The predicted octanol–water partition coefficient (Wildman–Crippen LogP) is 3.89. The van der Waals surface area contributed by atoms with Gasteiger partial charge in [0.15, 0.2) is 0 Å². The molecule has 56 valence electrons. The van der Waals surface area contributed by atoms with E-state index in [-0.39, 0.29) is 0 Å². The highest BCUT2D eigenvalue weighted by molar-refractivity contribution is 14.1.